The van der Waals surface area contributed by atoms with Gasteiger partial charge in [0.05, 0.1) is 6.04 Å². The number of carboxylic acids is 2. The number of hydrogen-bond donors (Lipinski definition) is 10. The van der Waals surface area contributed by atoms with Gasteiger partial charge < -0.3 is 54.1 Å². The highest BCUT2D eigenvalue weighted by molar-refractivity contribution is 5.95. The first kappa shape index (κ1) is 35.0. The lowest BCUT2D eigenvalue weighted by Gasteiger charge is -2.25. The number of carboxylic acid groups (broad SMARTS) is 2. The molecule has 0 saturated carbocycles. The molecular weight excluding hydrogens is 578 g/mol. The Morgan fingerprint density at radius 1 is 0.818 bits per heavy atom. The Morgan fingerprint density at radius 2 is 1.43 bits per heavy atom. The molecule has 0 aliphatic rings. The van der Waals surface area contributed by atoms with Crippen LogP contribution in [0.15, 0.2) is 35.5 Å². The molecule has 0 bridgehead atoms. The number of guanidine groups is 1. The van der Waals surface area contributed by atoms with Crippen LogP contribution in [0.1, 0.15) is 44.1 Å². The second kappa shape index (κ2) is 17.1. The normalized spacial score (nSPS) is 13.6. The number of amides is 4. The third kappa shape index (κ3) is 11.6. The number of H-pyrrole nitrogens is 1. The highest BCUT2D eigenvalue weighted by Gasteiger charge is 2.31. The minimum absolute atomic E-state index is 0.0358. The SMILES string of the molecule is NC(=O)CCC(NC(=O)C(CCC(=O)O)NC(=O)C(Cc1c[nH]c2ccccc12)NC(=O)C(N)CCCN=C(N)N)C(=O)O. The monoisotopic (exact) mass is 617 g/mol. The smallest absolute Gasteiger partial charge is 0.326 e. The van der Waals surface area contributed by atoms with Crippen LogP contribution in [0.5, 0.6) is 0 Å². The van der Waals surface area contributed by atoms with Crippen molar-refractivity contribution in [1.29, 1.82) is 0 Å². The lowest BCUT2D eigenvalue weighted by atomic mass is 10.0. The van der Waals surface area contributed by atoms with Crippen LogP contribution >= 0.6 is 0 Å². The van der Waals surface area contributed by atoms with Gasteiger partial charge >= 0.3 is 11.9 Å². The number of rotatable bonds is 19. The molecule has 2 rings (SSSR count). The molecule has 0 aliphatic heterocycles. The van der Waals surface area contributed by atoms with Gasteiger partial charge in [-0.3, -0.25) is 29.0 Å². The van der Waals surface area contributed by atoms with Gasteiger partial charge in [-0.2, -0.15) is 0 Å². The topological polar surface area (TPSA) is 311 Å². The first-order valence-electron chi connectivity index (χ1n) is 13.8. The first-order valence-corrected chi connectivity index (χ1v) is 13.8. The number of nitrogens with one attached hydrogen (secondary N) is 4. The van der Waals surface area contributed by atoms with Crippen molar-refractivity contribution in [3.05, 3.63) is 36.0 Å². The van der Waals surface area contributed by atoms with Crippen molar-refractivity contribution < 1.29 is 39.0 Å². The van der Waals surface area contributed by atoms with E-state index in [1.54, 1.807) is 12.3 Å². The number of nitrogens with zero attached hydrogens (tertiary/aromatic N) is 1. The van der Waals surface area contributed by atoms with E-state index in [0.717, 1.165) is 10.9 Å². The van der Waals surface area contributed by atoms with Crippen LogP contribution in [0, 0.1) is 0 Å². The molecule has 14 N–H and O–H groups in total. The van der Waals surface area contributed by atoms with E-state index >= 15 is 0 Å². The van der Waals surface area contributed by atoms with Crippen LogP contribution in [0.4, 0.5) is 0 Å². The molecule has 0 aliphatic carbocycles. The summed E-state index contributed by atoms with van der Waals surface area (Å²) in [5.74, 6) is -6.12. The molecule has 1 heterocycles. The van der Waals surface area contributed by atoms with Gasteiger partial charge in [0.1, 0.15) is 18.1 Å². The van der Waals surface area contributed by atoms with Crippen molar-refractivity contribution in [1.82, 2.24) is 20.9 Å². The summed E-state index contributed by atoms with van der Waals surface area (Å²) in [6.45, 7) is 0.236. The quantitative estimate of drug-likeness (QED) is 0.0456. The van der Waals surface area contributed by atoms with Gasteiger partial charge in [-0.1, -0.05) is 18.2 Å². The molecule has 4 unspecified atom stereocenters. The lowest BCUT2D eigenvalue weighted by molar-refractivity contribution is -0.143. The van der Waals surface area contributed by atoms with Crippen LogP contribution < -0.4 is 38.9 Å². The number of nitrogens with two attached hydrogens (primary N) is 4. The number of primary amides is 1. The average Bonchev–Trinajstić information content (AvgIpc) is 3.36. The van der Waals surface area contributed by atoms with Crippen molar-refractivity contribution in [2.75, 3.05) is 6.54 Å². The van der Waals surface area contributed by atoms with Gasteiger partial charge in [0, 0.05) is 42.9 Å². The Labute approximate surface area is 252 Å². The van der Waals surface area contributed by atoms with E-state index in [4.69, 9.17) is 22.9 Å². The number of aromatic amines is 1. The van der Waals surface area contributed by atoms with Crippen LogP contribution in [-0.2, 0) is 35.2 Å². The molecule has 2 aromatic rings. The molecule has 17 heteroatoms. The van der Waals surface area contributed by atoms with Gasteiger partial charge in [0.15, 0.2) is 5.96 Å². The predicted octanol–water partition coefficient (Wildman–Crippen LogP) is -2.24. The summed E-state index contributed by atoms with van der Waals surface area (Å²) in [5.41, 5.74) is 23.1. The fourth-order valence-corrected chi connectivity index (χ4v) is 4.28. The predicted molar refractivity (Wildman–Crippen MR) is 159 cm³/mol. The maximum absolute atomic E-state index is 13.6. The second-order valence-corrected chi connectivity index (χ2v) is 10.1. The number of carbonyl (C=O) groups excluding carboxylic acids is 4. The third-order valence-corrected chi connectivity index (χ3v) is 6.61. The highest BCUT2D eigenvalue weighted by atomic mass is 16.4. The van der Waals surface area contributed by atoms with Gasteiger partial charge in [0.25, 0.3) is 0 Å². The zero-order chi connectivity index (χ0) is 32.8. The van der Waals surface area contributed by atoms with E-state index in [-0.39, 0.29) is 38.2 Å². The van der Waals surface area contributed by atoms with Crippen molar-refractivity contribution in [2.24, 2.45) is 27.9 Å². The highest BCUT2D eigenvalue weighted by Crippen LogP contribution is 2.19. The third-order valence-electron chi connectivity index (χ3n) is 6.61. The molecule has 4 amide bonds. The van der Waals surface area contributed by atoms with Gasteiger partial charge in [-0.15, -0.1) is 0 Å². The number of aliphatic carboxylic acids is 2. The Balaban J connectivity index is 2.28. The molecule has 17 nitrogen and oxygen atoms in total. The van der Waals surface area contributed by atoms with Crippen molar-refractivity contribution in [3.8, 4) is 0 Å². The van der Waals surface area contributed by atoms with Crippen molar-refractivity contribution in [2.45, 2.75) is 69.1 Å². The van der Waals surface area contributed by atoms with Gasteiger partial charge in [-0.25, -0.2) is 4.79 Å². The molecule has 0 saturated heterocycles. The number of para-hydroxylation sites is 1. The minimum atomic E-state index is -1.53. The van der Waals surface area contributed by atoms with Crippen LogP contribution in [0.2, 0.25) is 0 Å². The molecule has 44 heavy (non-hydrogen) atoms. The maximum atomic E-state index is 13.6. The van der Waals surface area contributed by atoms with E-state index in [9.17, 15) is 39.0 Å². The lowest BCUT2D eigenvalue weighted by Crippen LogP contribution is -2.57. The summed E-state index contributed by atoms with van der Waals surface area (Å²) in [6, 6.07) is 1.92. The molecule has 1 aromatic heterocycles. The zero-order valence-electron chi connectivity index (χ0n) is 24.0. The number of carbonyl (C=O) groups is 6. The summed E-state index contributed by atoms with van der Waals surface area (Å²) >= 11 is 0. The van der Waals surface area contributed by atoms with Crippen molar-refractivity contribution in [3.63, 3.8) is 0 Å². The van der Waals surface area contributed by atoms with Crippen LogP contribution in [0.25, 0.3) is 10.9 Å². The molecule has 0 radical (unpaired) electrons. The molecule has 240 valence electrons. The van der Waals surface area contributed by atoms with E-state index < -0.39 is 72.6 Å². The van der Waals surface area contributed by atoms with E-state index in [0.29, 0.717) is 12.0 Å². The summed E-state index contributed by atoms with van der Waals surface area (Å²) in [4.78, 5) is 80.5. The van der Waals surface area contributed by atoms with E-state index in [2.05, 4.69) is 25.9 Å². The molecule has 1 aromatic carbocycles. The minimum Gasteiger partial charge on any atom is -0.481 e. The number of aromatic nitrogens is 1. The summed E-state index contributed by atoms with van der Waals surface area (Å²) < 4.78 is 0. The molecule has 0 spiro atoms. The van der Waals surface area contributed by atoms with Crippen LogP contribution in [-0.4, -0.2) is 87.4 Å². The Hall–Kier alpha value is -5.19. The van der Waals surface area contributed by atoms with Gasteiger partial charge in [0.2, 0.25) is 23.6 Å². The second-order valence-electron chi connectivity index (χ2n) is 10.1. The number of aliphatic imine (C=N–C) groups is 1. The molecule has 0 fully saturated rings. The maximum Gasteiger partial charge on any atom is 0.326 e. The van der Waals surface area contributed by atoms with E-state index in [1.165, 1.54) is 0 Å². The standard InChI is InChI=1S/C27H39N9O8/c28-16(5-3-11-32-27(30)31)23(40)36-20(12-14-13-33-17-6-2-1-4-15(14)17)25(42)34-18(8-10-22(38)39)24(41)35-19(26(43)44)7-9-21(29)37/h1-2,4,6,13,16,18-20,33H,3,5,7-12,28H2,(H2,29,37)(H,34,42)(H,35,41)(H,36,40)(H,38,39)(H,43,44)(H4,30,31,32). The van der Waals surface area contributed by atoms with Crippen molar-refractivity contribution >= 4 is 52.4 Å². The van der Waals surface area contributed by atoms with Crippen LogP contribution in [0.3, 0.4) is 0 Å². The number of benzene rings is 1. The Kier molecular flexibility index (Phi) is 13.6. The molecular formula is C27H39N9O8. The number of fused-ring (bicyclic) bond motifs is 1. The summed E-state index contributed by atoms with van der Waals surface area (Å²) in [6.07, 6.45) is 0.595. The van der Waals surface area contributed by atoms with E-state index in [1.807, 2.05) is 18.2 Å². The summed E-state index contributed by atoms with van der Waals surface area (Å²) in [7, 11) is 0. The fraction of sp³-hybridized carbons (Fsp3) is 0.444. The Bertz CT molecular complexity index is 1370. The average molecular weight is 618 g/mol. The Morgan fingerprint density at radius 3 is 2.07 bits per heavy atom. The number of hydrogen-bond acceptors (Lipinski definition) is 8. The first-order chi connectivity index (χ1) is 20.8. The molecule has 4 atom stereocenters. The zero-order valence-corrected chi connectivity index (χ0v) is 24.0. The van der Waals surface area contributed by atoms with Gasteiger partial charge in [-0.05, 0) is 37.3 Å². The fourth-order valence-electron chi connectivity index (χ4n) is 4.28. The largest absolute Gasteiger partial charge is 0.481 e. The summed E-state index contributed by atoms with van der Waals surface area (Å²) in [5, 5.41) is 26.7.